The third-order valence-corrected chi connectivity index (χ3v) is 4.90. The second-order valence-corrected chi connectivity index (χ2v) is 7.60. The number of nitrogens with two attached hydrogens (primary N) is 1. The number of carbonyl (C=O) groups is 2. The van der Waals surface area contributed by atoms with Crippen LogP contribution >= 0.6 is 12.2 Å². The molecule has 2 aromatic carbocycles. The number of benzene rings is 2. The zero-order valence-corrected chi connectivity index (χ0v) is 18.4. The van der Waals surface area contributed by atoms with E-state index in [0.717, 1.165) is 30.2 Å². The SMILES string of the molecule is COC(=O)C(C)(C)N(C(=S)Nc1ccc(C#N)c(C(F)(F)F)c1)c1ccc(C(N)=O)c(F)c1. The van der Waals surface area contributed by atoms with Gasteiger partial charge in [0, 0.05) is 11.4 Å². The Hall–Kier alpha value is -3.72. The second kappa shape index (κ2) is 9.41. The maximum absolute atomic E-state index is 14.4. The number of ether oxygens (including phenoxy) is 1. The Kier molecular flexibility index (Phi) is 7.29. The lowest BCUT2D eigenvalue weighted by Crippen LogP contribution is -2.55. The first-order valence-electron chi connectivity index (χ1n) is 9.14. The summed E-state index contributed by atoms with van der Waals surface area (Å²) in [6, 6.07) is 7.56. The molecule has 0 aliphatic carbocycles. The fourth-order valence-corrected chi connectivity index (χ4v) is 3.46. The van der Waals surface area contributed by atoms with Crippen molar-refractivity contribution in [3.8, 4) is 6.07 Å². The second-order valence-electron chi connectivity index (χ2n) is 7.21. The van der Waals surface area contributed by atoms with Gasteiger partial charge in [-0.25, -0.2) is 9.18 Å². The molecule has 0 aliphatic heterocycles. The van der Waals surface area contributed by atoms with Crippen LogP contribution in [0.25, 0.3) is 0 Å². The van der Waals surface area contributed by atoms with Gasteiger partial charge in [-0.05, 0) is 62.5 Å². The first kappa shape index (κ1) is 25.5. The van der Waals surface area contributed by atoms with E-state index >= 15 is 0 Å². The number of alkyl halides is 3. The average Bonchev–Trinajstić information content (AvgIpc) is 2.72. The van der Waals surface area contributed by atoms with Gasteiger partial charge in [0.05, 0.1) is 29.9 Å². The lowest BCUT2D eigenvalue weighted by atomic mass is 10.0. The van der Waals surface area contributed by atoms with Gasteiger partial charge in [-0.15, -0.1) is 0 Å². The van der Waals surface area contributed by atoms with Crippen LogP contribution in [0.4, 0.5) is 28.9 Å². The predicted octanol–water partition coefficient (Wildman–Crippen LogP) is 3.97. The van der Waals surface area contributed by atoms with Crippen molar-refractivity contribution in [3.63, 3.8) is 0 Å². The number of halogens is 4. The van der Waals surface area contributed by atoms with E-state index in [2.05, 4.69) is 5.32 Å². The first-order chi connectivity index (χ1) is 15.2. The molecular weight excluding hydrogens is 464 g/mol. The van der Waals surface area contributed by atoms with Crippen molar-refractivity contribution in [1.29, 1.82) is 5.26 Å². The van der Waals surface area contributed by atoms with Crippen LogP contribution in [0.5, 0.6) is 0 Å². The summed E-state index contributed by atoms with van der Waals surface area (Å²) in [6.07, 6.45) is -4.80. The van der Waals surface area contributed by atoms with E-state index in [-0.39, 0.29) is 16.5 Å². The number of nitrogens with one attached hydrogen (secondary N) is 1. The molecule has 0 radical (unpaired) electrons. The number of carbonyl (C=O) groups excluding carboxylic acids is 2. The Balaban J connectivity index is 2.57. The summed E-state index contributed by atoms with van der Waals surface area (Å²) in [5.41, 5.74) is 1.24. The Morgan fingerprint density at radius 2 is 1.82 bits per heavy atom. The molecule has 0 aliphatic rings. The maximum Gasteiger partial charge on any atom is 0.417 e. The molecule has 7 nitrogen and oxygen atoms in total. The molecule has 1 amide bonds. The quantitative estimate of drug-likeness (QED) is 0.377. The zero-order chi connectivity index (χ0) is 25.1. The molecule has 0 unspecified atom stereocenters. The molecular formula is C21H18F4N4O3S. The van der Waals surface area contributed by atoms with Crippen molar-refractivity contribution in [2.24, 2.45) is 5.73 Å². The van der Waals surface area contributed by atoms with Crippen LogP contribution in [0.3, 0.4) is 0 Å². The third kappa shape index (κ3) is 5.38. The molecule has 2 aromatic rings. The maximum atomic E-state index is 14.4. The predicted molar refractivity (Wildman–Crippen MR) is 116 cm³/mol. The molecule has 0 aromatic heterocycles. The molecule has 0 spiro atoms. The Labute approximate surface area is 191 Å². The first-order valence-corrected chi connectivity index (χ1v) is 9.55. The van der Waals surface area contributed by atoms with Crippen LogP contribution in [-0.2, 0) is 15.7 Å². The monoisotopic (exact) mass is 482 g/mol. The minimum absolute atomic E-state index is 0.00455. The van der Waals surface area contributed by atoms with Crippen molar-refractivity contribution >= 4 is 40.6 Å². The highest BCUT2D eigenvalue weighted by Crippen LogP contribution is 2.34. The van der Waals surface area contributed by atoms with Gasteiger partial charge in [-0.1, -0.05) is 0 Å². The molecule has 3 N–H and O–H groups in total. The molecule has 33 heavy (non-hydrogen) atoms. The van der Waals surface area contributed by atoms with Gasteiger partial charge in [0.25, 0.3) is 5.91 Å². The van der Waals surface area contributed by atoms with Crippen molar-refractivity contribution in [3.05, 3.63) is 58.9 Å². The van der Waals surface area contributed by atoms with E-state index in [1.807, 2.05) is 0 Å². The fourth-order valence-electron chi connectivity index (χ4n) is 3.01. The van der Waals surface area contributed by atoms with E-state index < -0.39 is 46.1 Å². The summed E-state index contributed by atoms with van der Waals surface area (Å²) < 4.78 is 59.1. The summed E-state index contributed by atoms with van der Waals surface area (Å²) >= 11 is 5.33. The van der Waals surface area contributed by atoms with Gasteiger partial charge >= 0.3 is 12.1 Å². The smallest absolute Gasteiger partial charge is 0.417 e. The summed E-state index contributed by atoms with van der Waals surface area (Å²) in [6.45, 7) is 2.79. The van der Waals surface area contributed by atoms with Crippen molar-refractivity contribution in [1.82, 2.24) is 0 Å². The Morgan fingerprint density at radius 1 is 1.18 bits per heavy atom. The third-order valence-electron chi connectivity index (χ3n) is 4.62. The van der Waals surface area contributed by atoms with Crippen LogP contribution in [0.15, 0.2) is 36.4 Å². The minimum Gasteiger partial charge on any atom is -0.467 e. The Bertz CT molecular complexity index is 1160. The van der Waals surface area contributed by atoms with Crippen LogP contribution in [0.1, 0.15) is 35.3 Å². The number of nitriles is 1. The van der Waals surface area contributed by atoms with E-state index in [1.54, 1.807) is 0 Å². The highest BCUT2D eigenvalue weighted by Gasteiger charge is 2.39. The molecule has 0 fully saturated rings. The highest BCUT2D eigenvalue weighted by atomic mass is 32.1. The van der Waals surface area contributed by atoms with E-state index in [4.69, 9.17) is 28.0 Å². The van der Waals surface area contributed by atoms with E-state index in [9.17, 15) is 27.2 Å². The lowest BCUT2D eigenvalue weighted by Gasteiger charge is -2.38. The number of methoxy groups -OCH3 is 1. The molecule has 0 atom stereocenters. The summed E-state index contributed by atoms with van der Waals surface area (Å²) in [7, 11) is 1.12. The molecule has 2 rings (SSSR count). The Morgan fingerprint density at radius 3 is 2.30 bits per heavy atom. The average molecular weight is 482 g/mol. The number of amides is 1. The van der Waals surface area contributed by atoms with Crippen LogP contribution in [0, 0.1) is 17.1 Å². The van der Waals surface area contributed by atoms with E-state index in [0.29, 0.717) is 6.07 Å². The largest absolute Gasteiger partial charge is 0.467 e. The topological polar surface area (TPSA) is 108 Å². The molecule has 0 saturated heterocycles. The van der Waals surface area contributed by atoms with Crippen molar-refractivity contribution in [2.45, 2.75) is 25.6 Å². The van der Waals surface area contributed by atoms with Crippen molar-refractivity contribution in [2.75, 3.05) is 17.3 Å². The van der Waals surface area contributed by atoms with Crippen LogP contribution in [-0.4, -0.2) is 29.6 Å². The number of nitrogens with zero attached hydrogens (tertiary/aromatic N) is 2. The standard InChI is InChI=1S/C21H18F4N4O3S/c1-20(2,18(31)32-3)29(13-6-7-14(17(27)30)16(22)9-13)19(33)28-12-5-4-11(10-26)15(8-12)21(23,24)25/h4-9H,1-3H3,(H2,27,30)(H,28,33). The van der Waals surface area contributed by atoms with Gasteiger partial charge < -0.3 is 20.7 Å². The van der Waals surface area contributed by atoms with E-state index in [1.165, 1.54) is 32.0 Å². The van der Waals surface area contributed by atoms with Gasteiger partial charge in [0.15, 0.2) is 5.11 Å². The minimum atomic E-state index is -4.80. The number of anilines is 2. The zero-order valence-electron chi connectivity index (χ0n) is 17.6. The highest BCUT2D eigenvalue weighted by molar-refractivity contribution is 7.80. The fraction of sp³-hybridized carbons (Fsp3) is 0.238. The lowest BCUT2D eigenvalue weighted by molar-refractivity contribution is -0.145. The number of primary amides is 1. The number of esters is 1. The van der Waals surface area contributed by atoms with Crippen molar-refractivity contribution < 1.29 is 31.9 Å². The van der Waals surface area contributed by atoms with Gasteiger partial charge in [-0.2, -0.15) is 18.4 Å². The van der Waals surface area contributed by atoms with Crippen LogP contribution < -0.4 is 16.0 Å². The normalized spacial score (nSPS) is 11.3. The summed E-state index contributed by atoms with van der Waals surface area (Å²) in [5, 5.41) is 11.2. The molecule has 0 heterocycles. The van der Waals surface area contributed by atoms with Gasteiger partial charge in [0.1, 0.15) is 11.4 Å². The molecule has 0 bridgehead atoms. The van der Waals surface area contributed by atoms with Gasteiger partial charge in [0.2, 0.25) is 0 Å². The summed E-state index contributed by atoms with van der Waals surface area (Å²) in [4.78, 5) is 24.9. The van der Waals surface area contributed by atoms with Gasteiger partial charge in [-0.3, -0.25) is 4.79 Å². The molecule has 12 heteroatoms. The number of thiocarbonyl (C=S) groups is 1. The molecule has 174 valence electrons. The number of hydrogen-bond acceptors (Lipinski definition) is 5. The number of hydrogen-bond donors (Lipinski definition) is 2. The summed E-state index contributed by atoms with van der Waals surface area (Å²) in [5.74, 6) is -2.80. The number of rotatable bonds is 5. The molecule has 0 saturated carbocycles. The van der Waals surface area contributed by atoms with Crippen LogP contribution in [0.2, 0.25) is 0 Å².